The maximum Gasteiger partial charge on any atom is 0.343 e. The molecule has 0 aliphatic carbocycles. The van der Waals surface area contributed by atoms with Gasteiger partial charge in [-0.25, -0.2) is 9.80 Å². The minimum atomic E-state index is -0.402. The average molecular weight is 497 g/mol. The highest BCUT2D eigenvalue weighted by molar-refractivity contribution is 6.11. The lowest BCUT2D eigenvalue weighted by molar-refractivity contribution is -0.0190. The van der Waals surface area contributed by atoms with Gasteiger partial charge in [-0.3, -0.25) is 0 Å². The van der Waals surface area contributed by atoms with Gasteiger partial charge < -0.3 is 9.47 Å². The number of rotatable bonds is 4. The van der Waals surface area contributed by atoms with Crippen molar-refractivity contribution in [3.8, 4) is 11.5 Å². The zero-order chi connectivity index (χ0) is 25.5. The van der Waals surface area contributed by atoms with Crippen molar-refractivity contribution in [2.24, 2.45) is 5.10 Å². The molecule has 5 aromatic carbocycles. The Balaban J connectivity index is 1.22. The number of hydrazone groups is 1. The Labute approximate surface area is 220 Å². The summed E-state index contributed by atoms with van der Waals surface area (Å²) in [5.41, 5.74) is 4.78. The molecule has 0 fully saturated rings. The van der Waals surface area contributed by atoms with Crippen LogP contribution in [0.3, 0.4) is 0 Å². The molecule has 0 spiro atoms. The zero-order valence-electron chi connectivity index (χ0n) is 20.5. The van der Waals surface area contributed by atoms with E-state index in [4.69, 9.17) is 14.6 Å². The van der Waals surface area contributed by atoms with Crippen molar-refractivity contribution in [3.05, 3.63) is 144 Å². The Morgan fingerprint density at radius 1 is 0.789 bits per heavy atom. The first-order valence-corrected chi connectivity index (χ1v) is 12.7. The van der Waals surface area contributed by atoms with Crippen LogP contribution in [0.25, 0.3) is 10.8 Å². The fourth-order valence-electron chi connectivity index (χ4n) is 5.33. The van der Waals surface area contributed by atoms with Gasteiger partial charge in [0.2, 0.25) is 6.23 Å². The molecule has 7 rings (SSSR count). The standard InChI is InChI=1S/C33H24N2O3/c36-33(24-10-2-1-3-11-24)37-25-19-17-23(18-20-25)32-35-30(28-14-6-7-16-31(28)38-32)21-29(34-35)27-15-8-12-22-9-4-5-13-26(22)27/h1-20,30,32H,21H2/t30-,32+/m0/s1. The number of benzene rings is 5. The molecule has 0 saturated carbocycles. The Kier molecular flexibility index (Phi) is 5.40. The molecular formula is C33H24N2O3. The lowest BCUT2D eigenvalue weighted by atomic mass is 9.93. The Bertz CT molecular complexity index is 1670. The van der Waals surface area contributed by atoms with Crippen LogP contribution < -0.4 is 9.47 Å². The number of hydrogen-bond acceptors (Lipinski definition) is 5. The van der Waals surface area contributed by atoms with Crippen LogP contribution in [-0.4, -0.2) is 16.7 Å². The van der Waals surface area contributed by atoms with Crippen LogP contribution in [-0.2, 0) is 0 Å². The van der Waals surface area contributed by atoms with Crippen molar-refractivity contribution in [2.45, 2.75) is 18.7 Å². The summed E-state index contributed by atoms with van der Waals surface area (Å²) in [6, 6.07) is 39.5. The first-order valence-electron chi connectivity index (χ1n) is 12.7. The molecule has 2 aliphatic rings. The summed E-state index contributed by atoms with van der Waals surface area (Å²) in [4.78, 5) is 12.5. The van der Waals surface area contributed by atoms with Crippen LogP contribution in [0.2, 0.25) is 0 Å². The van der Waals surface area contributed by atoms with Gasteiger partial charge in [-0.05, 0) is 53.2 Å². The monoisotopic (exact) mass is 496 g/mol. The molecular weight excluding hydrogens is 472 g/mol. The molecule has 184 valence electrons. The fraction of sp³-hybridized carbons (Fsp3) is 0.0909. The van der Waals surface area contributed by atoms with E-state index in [1.54, 1.807) is 24.3 Å². The van der Waals surface area contributed by atoms with Gasteiger partial charge in [-0.1, -0.05) is 78.9 Å². The summed E-state index contributed by atoms with van der Waals surface area (Å²) in [5.74, 6) is 0.967. The second-order valence-electron chi connectivity index (χ2n) is 9.51. The molecule has 5 aromatic rings. The van der Waals surface area contributed by atoms with Crippen LogP contribution in [0.4, 0.5) is 0 Å². The number of hydrogen-bond donors (Lipinski definition) is 0. The molecule has 0 saturated heterocycles. The highest BCUT2D eigenvalue weighted by atomic mass is 16.5. The van der Waals surface area contributed by atoms with E-state index in [0.717, 1.165) is 34.6 Å². The summed E-state index contributed by atoms with van der Waals surface area (Å²) in [7, 11) is 0. The number of fused-ring (bicyclic) bond motifs is 4. The summed E-state index contributed by atoms with van der Waals surface area (Å²) in [5, 5.41) is 9.61. The zero-order valence-corrected chi connectivity index (χ0v) is 20.5. The van der Waals surface area contributed by atoms with E-state index in [9.17, 15) is 4.79 Å². The SMILES string of the molecule is O=C(Oc1ccc([C@H]2Oc3ccccc3[C@@H]3CC(c4cccc5ccccc45)=NN23)cc1)c1ccccc1. The maximum absolute atomic E-state index is 12.5. The van der Waals surface area contributed by atoms with Gasteiger partial charge in [0, 0.05) is 23.1 Å². The highest BCUT2D eigenvalue weighted by Crippen LogP contribution is 2.47. The van der Waals surface area contributed by atoms with Gasteiger partial charge in [0.1, 0.15) is 11.5 Å². The largest absolute Gasteiger partial charge is 0.464 e. The quantitative estimate of drug-likeness (QED) is 0.193. The summed E-state index contributed by atoms with van der Waals surface area (Å²) < 4.78 is 12.1. The van der Waals surface area contributed by atoms with Crippen molar-refractivity contribution >= 4 is 22.5 Å². The minimum absolute atomic E-state index is 0.0644. The van der Waals surface area contributed by atoms with Crippen LogP contribution >= 0.6 is 0 Å². The molecule has 38 heavy (non-hydrogen) atoms. The predicted octanol–water partition coefficient (Wildman–Crippen LogP) is 7.30. The average Bonchev–Trinajstić information content (AvgIpc) is 3.43. The number of carbonyl (C=O) groups is 1. The lowest BCUT2D eigenvalue weighted by Gasteiger charge is -2.38. The van der Waals surface area contributed by atoms with Crippen molar-refractivity contribution in [3.63, 3.8) is 0 Å². The first-order chi connectivity index (χ1) is 18.7. The molecule has 5 heteroatoms. The molecule has 2 aliphatic heterocycles. The maximum atomic E-state index is 12.5. The number of para-hydroxylation sites is 1. The van der Waals surface area contributed by atoms with E-state index in [1.165, 1.54) is 10.8 Å². The molecule has 0 unspecified atom stereocenters. The van der Waals surface area contributed by atoms with Gasteiger partial charge in [-0.2, -0.15) is 5.10 Å². The number of ether oxygens (including phenoxy) is 2. The fourth-order valence-corrected chi connectivity index (χ4v) is 5.33. The van der Waals surface area contributed by atoms with E-state index >= 15 is 0 Å². The molecule has 0 radical (unpaired) electrons. The van der Waals surface area contributed by atoms with Gasteiger partial charge in [0.25, 0.3) is 0 Å². The highest BCUT2D eigenvalue weighted by Gasteiger charge is 2.41. The Morgan fingerprint density at radius 3 is 2.39 bits per heavy atom. The third-order valence-electron chi connectivity index (χ3n) is 7.18. The second-order valence-corrected chi connectivity index (χ2v) is 9.51. The molecule has 5 nitrogen and oxygen atoms in total. The van der Waals surface area contributed by atoms with E-state index < -0.39 is 6.23 Å². The summed E-state index contributed by atoms with van der Waals surface area (Å²) in [6.07, 6.45) is 0.388. The Hall–Kier alpha value is -4.90. The van der Waals surface area contributed by atoms with Gasteiger partial charge in [0.15, 0.2) is 0 Å². The van der Waals surface area contributed by atoms with E-state index in [0.29, 0.717) is 11.3 Å². The molecule has 0 amide bonds. The van der Waals surface area contributed by atoms with E-state index in [1.807, 2.05) is 48.5 Å². The van der Waals surface area contributed by atoms with E-state index in [2.05, 4.69) is 53.5 Å². The Morgan fingerprint density at radius 2 is 1.53 bits per heavy atom. The second kappa shape index (κ2) is 9.20. The topological polar surface area (TPSA) is 51.1 Å². The van der Waals surface area contributed by atoms with Gasteiger partial charge in [-0.15, -0.1) is 0 Å². The third kappa shape index (κ3) is 3.89. The summed E-state index contributed by atoms with van der Waals surface area (Å²) >= 11 is 0. The first kappa shape index (κ1) is 22.3. The molecule has 2 atom stereocenters. The van der Waals surface area contributed by atoms with Crippen molar-refractivity contribution in [1.29, 1.82) is 0 Å². The summed E-state index contributed by atoms with van der Waals surface area (Å²) in [6.45, 7) is 0. The molecule has 0 aromatic heterocycles. The predicted molar refractivity (Wildman–Crippen MR) is 147 cm³/mol. The number of nitrogens with zero attached hydrogens (tertiary/aromatic N) is 2. The number of esters is 1. The van der Waals surface area contributed by atoms with Gasteiger partial charge in [0.05, 0.1) is 17.3 Å². The minimum Gasteiger partial charge on any atom is -0.464 e. The normalized spacial score (nSPS) is 17.8. The molecule has 0 N–H and O–H groups in total. The van der Waals surface area contributed by atoms with Crippen molar-refractivity contribution in [1.82, 2.24) is 5.01 Å². The molecule has 0 bridgehead atoms. The van der Waals surface area contributed by atoms with Crippen LogP contribution in [0.15, 0.2) is 126 Å². The molecule has 2 heterocycles. The van der Waals surface area contributed by atoms with Gasteiger partial charge >= 0.3 is 5.97 Å². The van der Waals surface area contributed by atoms with E-state index in [-0.39, 0.29) is 12.0 Å². The van der Waals surface area contributed by atoms with Crippen LogP contribution in [0.1, 0.15) is 45.7 Å². The van der Waals surface area contributed by atoms with Crippen molar-refractivity contribution < 1.29 is 14.3 Å². The number of carbonyl (C=O) groups excluding carboxylic acids is 1. The van der Waals surface area contributed by atoms with Crippen LogP contribution in [0, 0.1) is 0 Å². The lowest BCUT2D eigenvalue weighted by Crippen LogP contribution is -2.33. The third-order valence-corrected chi connectivity index (χ3v) is 7.18. The van der Waals surface area contributed by atoms with Crippen molar-refractivity contribution in [2.75, 3.05) is 0 Å². The van der Waals surface area contributed by atoms with Crippen LogP contribution in [0.5, 0.6) is 11.5 Å². The smallest absolute Gasteiger partial charge is 0.343 e.